The van der Waals surface area contributed by atoms with Crippen molar-refractivity contribution in [3.05, 3.63) is 60.4 Å². The SMILES string of the molecule is c1ccc(O[C@H]2COC3(CCN(Cc4ccccn4)CC3)C2)cc1. The summed E-state index contributed by atoms with van der Waals surface area (Å²) < 4.78 is 12.3. The van der Waals surface area contributed by atoms with Crippen LogP contribution in [0.5, 0.6) is 5.75 Å². The van der Waals surface area contributed by atoms with Crippen LogP contribution in [-0.4, -0.2) is 41.3 Å². The molecule has 0 bridgehead atoms. The van der Waals surface area contributed by atoms with Gasteiger partial charge in [-0.2, -0.15) is 0 Å². The van der Waals surface area contributed by atoms with Gasteiger partial charge in [0.1, 0.15) is 11.9 Å². The van der Waals surface area contributed by atoms with E-state index in [9.17, 15) is 0 Å². The second-order valence-corrected chi connectivity index (χ2v) is 6.85. The highest BCUT2D eigenvalue weighted by Crippen LogP contribution is 2.37. The van der Waals surface area contributed by atoms with Gasteiger partial charge < -0.3 is 9.47 Å². The average molecular weight is 324 g/mol. The number of benzene rings is 1. The van der Waals surface area contributed by atoms with Gasteiger partial charge in [-0.25, -0.2) is 0 Å². The topological polar surface area (TPSA) is 34.6 Å². The minimum atomic E-state index is 0.0140. The molecule has 4 rings (SSSR count). The second-order valence-electron chi connectivity index (χ2n) is 6.85. The van der Waals surface area contributed by atoms with Crippen LogP contribution in [0.25, 0.3) is 0 Å². The first kappa shape index (κ1) is 15.6. The van der Waals surface area contributed by atoms with E-state index in [0.717, 1.165) is 50.3 Å². The Morgan fingerprint density at radius 2 is 1.88 bits per heavy atom. The van der Waals surface area contributed by atoms with Crippen LogP contribution in [0.1, 0.15) is 25.0 Å². The molecule has 0 N–H and O–H groups in total. The van der Waals surface area contributed by atoms with E-state index in [-0.39, 0.29) is 11.7 Å². The number of piperidine rings is 1. The maximum atomic E-state index is 6.20. The van der Waals surface area contributed by atoms with E-state index in [0.29, 0.717) is 6.61 Å². The third-order valence-electron chi connectivity index (χ3n) is 5.10. The van der Waals surface area contributed by atoms with Crippen molar-refractivity contribution >= 4 is 0 Å². The third-order valence-corrected chi connectivity index (χ3v) is 5.10. The van der Waals surface area contributed by atoms with Crippen molar-refractivity contribution < 1.29 is 9.47 Å². The Hall–Kier alpha value is -1.91. The van der Waals surface area contributed by atoms with E-state index in [1.54, 1.807) is 0 Å². The number of hydrogen-bond donors (Lipinski definition) is 0. The second kappa shape index (κ2) is 6.91. The molecule has 24 heavy (non-hydrogen) atoms. The number of likely N-dealkylation sites (tertiary alicyclic amines) is 1. The summed E-state index contributed by atoms with van der Waals surface area (Å²) in [5.41, 5.74) is 1.16. The lowest BCUT2D eigenvalue weighted by molar-refractivity contribution is -0.0456. The Bertz CT molecular complexity index is 639. The molecule has 0 unspecified atom stereocenters. The van der Waals surface area contributed by atoms with Gasteiger partial charge >= 0.3 is 0 Å². The van der Waals surface area contributed by atoms with Gasteiger partial charge in [-0.05, 0) is 37.1 Å². The van der Waals surface area contributed by atoms with Crippen molar-refractivity contribution in [1.82, 2.24) is 9.88 Å². The predicted molar refractivity (Wildman–Crippen MR) is 92.9 cm³/mol. The van der Waals surface area contributed by atoms with Gasteiger partial charge in [0.2, 0.25) is 0 Å². The summed E-state index contributed by atoms with van der Waals surface area (Å²) >= 11 is 0. The van der Waals surface area contributed by atoms with Crippen LogP contribution in [0.3, 0.4) is 0 Å². The first-order chi connectivity index (χ1) is 11.8. The number of nitrogens with zero attached hydrogens (tertiary/aromatic N) is 2. The van der Waals surface area contributed by atoms with Gasteiger partial charge in [-0.3, -0.25) is 9.88 Å². The Balaban J connectivity index is 1.29. The summed E-state index contributed by atoms with van der Waals surface area (Å²) in [5.74, 6) is 0.940. The van der Waals surface area contributed by atoms with Crippen molar-refractivity contribution in [3.63, 3.8) is 0 Å². The zero-order chi connectivity index (χ0) is 16.2. The molecule has 0 aliphatic carbocycles. The molecule has 0 saturated carbocycles. The number of para-hydroxylation sites is 1. The molecule has 3 heterocycles. The molecule has 0 radical (unpaired) electrons. The van der Waals surface area contributed by atoms with Crippen LogP contribution in [0.4, 0.5) is 0 Å². The molecule has 2 fully saturated rings. The Labute approximate surface area is 143 Å². The van der Waals surface area contributed by atoms with Gasteiger partial charge in [-0.1, -0.05) is 24.3 Å². The maximum Gasteiger partial charge on any atom is 0.125 e. The molecular formula is C20H24N2O2. The normalized spacial score (nSPS) is 23.4. The molecule has 1 spiro atoms. The molecule has 2 aromatic rings. The van der Waals surface area contributed by atoms with Gasteiger partial charge in [0.25, 0.3) is 0 Å². The number of hydrogen-bond acceptors (Lipinski definition) is 4. The van der Waals surface area contributed by atoms with Crippen LogP contribution in [0.15, 0.2) is 54.7 Å². The molecule has 1 aromatic carbocycles. The summed E-state index contributed by atoms with van der Waals surface area (Å²) in [5, 5.41) is 0. The van der Waals surface area contributed by atoms with Gasteiger partial charge in [0.05, 0.1) is 17.9 Å². The Morgan fingerprint density at radius 1 is 1.08 bits per heavy atom. The van der Waals surface area contributed by atoms with Gasteiger partial charge in [0.15, 0.2) is 0 Å². The summed E-state index contributed by atoms with van der Waals surface area (Å²) in [6.07, 6.45) is 5.20. The van der Waals surface area contributed by atoms with Crippen molar-refractivity contribution in [2.75, 3.05) is 19.7 Å². The molecule has 0 amide bonds. The highest BCUT2D eigenvalue weighted by atomic mass is 16.6. The predicted octanol–water partition coefficient (Wildman–Crippen LogP) is 3.28. The van der Waals surface area contributed by atoms with E-state index in [4.69, 9.17) is 9.47 Å². The molecule has 4 heteroatoms. The lowest BCUT2D eigenvalue weighted by Gasteiger charge is -2.38. The van der Waals surface area contributed by atoms with Crippen LogP contribution in [0.2, 0.25) is 0 Å². The molecule has 1 aromatic heterocycles. The summed E-state index contributed by atoms with van der Waals surface area (Å²) in [4.78, 5) is 6.90. The number of ether oxygens (including phenoxy) is 2. The lowest BCUT2D eigenvalue weighted by Crippen LogP contribution is -2.44. The molecule has 126 valence electrons. The van der Waals surface area contributed by atoms with E-state index < -0.39 is 0 Å². The summed E-state index contributed by atoms with van der Waals surface area (Å²) in [6.45, 7) is 3.76. The zero-order valence-corrected chi connectivity index (χ0v) is 13.9. The number of aromatic nitrogens is 1. The molecule has 4 nitrogen and oxygen atoms in total. The first-order valence-electron chi connectivity index (χ1n) is 8.79. The number of pyridine rings is 1. The molecule has 1 atom stereocenters. The largest absolute Gasteiger partial charge is 0.488 e. The maximum absolute atomic E-state index is 6.20. The van der Waals surface area contributed by atoms with E-state index in [2.05, 4.69) is 22.0 Å². The van der Waals surface area contributed by atoms with E-state index >= 15 is 0 Å². The Kier molecular flexibility index (Phi) is 4.50. The molecule has 2 aliphatic rings. The van der Waals surface area contributed by atoms with Crippen molar-refractivity contribution in [1.29, 1.82) is 0 Å². The van der Waals surface area contributed by atoms with Crippen molar-refractivity contribution in [2.45, 2.75) is 37.5 Å². The summed E-state index contributed by atoms with van der Waals surface area (Å²) in [6, 6.07) is 16.2. The van der Waals surface area contributed by atoms with Crippen LogP contribution in [0, 0.1) is 0 Å². The summed E-state index contributed by atoms with van der Waals surface area (Å²) in [7, 11) is 0. The third kappa shape index (κ3) is 3.60. The fourth-order valence-electron chi connectivity index (χ4n) is 3.76. The fourth-order valence-corrected chi connectivity index (χ4v) is 3.76. The molecule has 2 saturated heterocycles. The van der Waals surface area contributed by atoms with Crippen LogP contribution >= 0.6 is 0 Å². The number of rotatable bonds is 4. The van der Waals surface area contributed by atoms with Crippen molar-refractivity contribution in [2.24, 2.45) is 0 Å². The highest BCUT2D eigenvalue weighted by molar-refractivity contribution is 5.21. The van der Waals surface area contributed by atoms with E-state index in [1.165, 1.54) is 0 Å². The first-order valence-corrected chi connectivity index (χ1v) is 8.79. The average Bonchev–Trinajstić information content (AvgIpc) is 3.01. The monoisotopic (exact) mass is 324 g/mol. The van der Waals surface area contributed by atoms with Gasteiger partial charge in [-0.15, -0.1) is 0 Å². The molecular weight excluding hydrogens is 300 g/mol. The van der Waals surface area contributed by atoms with Crippen molar-refractivity contribution in [3.8, 4) is 5.75 Å². The lowest BCUT2D eigenvalue weighted by atomic mass is 9.88. The molecule has 2 aliphatic heterocycles. The zero-order valence-electron chi connectivity index (χ0n) is 13.9. The van der Waals surface area contributed by atoms with Crippen LogP contribution in [-0.2, 0) is 11.3 Å². The minimum absolute atomic E-state index is 0.0140. The van der Waals surface area contributed by atoms with Crippen LogP contribution < -0.4 is 4.74 Å². The smallest absolute Gasteiger partial charge is 0.125 e. The standard InChI is InChI=1S/C20H24N2O2/c1-2-7-18(8-3-1)24-19-14-20(23-16-19)9-12-22(13-10-20)15-17-6-4-5-11-21-17/h1-8,11,19H,9-10,12-16H2/t19-/m1/s1. The van der Waals surface area contributed by atoms with E-state index in [1.807, 2.05) is 42.6 Å². The minimum Gasteiger partial charge on any atom is -0.488 e. The fraction of sp³-hybridized carbons (Fsp3) is 0.450. The quantitative estimate of drug-likeness (QED) is 0.864. The van der Waals surface area contributed by atoms with Gasteiger partial charge in [0, 0.05) is 32.3 Å². The highest BCUT2D eigenvalue weighted by Gasteiger charge is 2.43. The Morgan fingerprint density at radius 3 is 2.62 bits per heavy atom.